The minimum absolute atomic E-state index is 0.108. The largest absolute Gasteiger partial charge is 0.466 e. The van der Waals surface area contributed by atoms with Gasteiger partial charge in [0, 0.05) is 12.1 Å². The van der Waals surface area contributed by atoms with Gasteiger partial charge < -0.3 is 10.1 Å². The van der Waals surface area contributed by atoms with Gasteiger partial charge in [0.05, 0.1) is 13.0 Å². The van der Waals surface area contributed by atoms with Gasteiger partial charge in [-0.05, 0) is 27.2 Å². The number of nitrogens with one attached hydrogen (secondary N) is 1. The third-order valence-electron chi connectivity index (χ3n) is 2.59. The number of carbonyl (C=O) groups is 1. The van der Waals surface area contributed by atoms with Gasteiger partial charge >= 0.3 is 5.97 Å². The zero-order valence-corrected chi connectivity index (χ0v) is 11.2. The van der Waals surface area contributed by atoms with Crippen molar-refractivity contribution in [3.63, 3.8) is 0 Å². The van der Waals surface area contributed by atoms with E-state index in [1.807, 2.05) is 13.8 Å². The summed E-state index contributed by atoms with van der Waals surface area (Å²) in [5.41, 5.74) is 0. The predicted molar refractivity (Wildman–Crippen MR) is 67.5 cm³/mol. The van der Waals surface area contributed by atoms with E-state index in [4.69, 9.17) is 4.74 Å². The Kier molecular flexibility index (Phi) is 9.30. The van der Waals surface area contributed by atoms with Crippen molar-refractivity contribution in [1.82, 2.24) is 5.32 Å². The Labute approximate surface area is 99.9 Å². The average Bonchev–Trinajstić information content (AvgIpc) is 2.17. The molecule has 3 heteroatoms. The smallest absolute Gasteiger partial charge is 0.307 e. The van der Waals surface area contributed by atoms with Crippen LogP contribution >= 0.6 is 0 Å². The SMILES string of the molecule is CCCCCC(C)NC(C)CC(=O)OCC. The Hall–Kier alpha value is -0.570. The molecule has 0 saturated heterocycles. The Morgan fingerprint density at radius 3 is 2.44 bits per heavy atom. The van der Waals surface area contributed by atoms with Crippen LogP contribution in [-0.4, -0.2) is 24.7 Å². The number of unbranched alkanes of at least 4 members (excludes halogenated alkanes) is 2. The third kappa shape index (κ3) is 8.72. The van der Waals surface area contributed by atoms with Crippen LogP contribution in [0.4, 0.5) is 0 Å². The summed E-state index contributed by atoms with van der Waals surface area (Å²) in [5, 5.41) is 3.43. The fourth-order valence-electron chi connectivity index (χ4n) is 1.80. The Bertz CT molecular complexity index is 183. The molecule has 96 valence electrons. The van der Waals surface area contributed by atoms with Crippen LogP contribution in [0.15, 0.2) is 0 Å². The number of hydrogen-bond acceptors (Lipinski definition) is 3. The summed E-state index contributed by atoms with van der Waals surface area (Å²) >= 11 is 0. The van der Waals surface area contributed by atoms with E-state index < -0.39 is 0 Å². The maximum Gasteiger partial charge on any atom is 0.307 e. The number of hydrogen-bond donors (Lipinski definition) is 1. The Balaban J connectivity index is 3.60. The van der Waals surface area contributed by atoms with E-state index in [9.17, 15) is 4.79 Å². The summed E-state index contributed by atoms with van der Waals surface area (Å²) in [5.74, 6) is -0.108. The van der Waals surface area contributed by atoms with Gasteiger partial charge in [-0.2, -0.15) is 0 Å². The first kappa shape index (κ1) is 15.4. The molecule has 0 aliphatic heterocycles. The van der Waals surface area contributed by atoms with Crippen LogP contribution in [0, 0.1) is 0 Å². The van der Waals surface area contributed by atoms with Gasteiger partial charge in [-0.25, -0.2) is 0 Å². The first-order chi connectivity index (χ1) is 7.60. The molecular formula is C13H27NO2. The van der Waals surface area contributed by atoms with Crippen molar-refractivity contribution in [1.29, 1.82) is 0 Å². The molecule has 3 nitrogen and oxygen atoms in total. The minimum atomic E-state index is -0.108. The molecule has 0 fully saturated rings. The van der Waals surface area contributed by atoms with Crippen molar-refractivity contribution in [2.45, 2.75) is 71.9 Å². The van der Waals surface area contributed by atoms with E-state index in [0.717, 1.165) is 0 Å². The van der Waals surface area contributed by atoms with Gasteiger partial charge in [-0.15, -0.1) is 0 Å². The Morgan fingerprint density at radius 2 is 1.88 bits per heavy atom. The van der Waals surface area contributed by atoms with Gasteiger partial charge in [0.1, 0.15) is 0 Å². The highest BCUT2D eigenvalue weighted by Crippen LogP contribution is 2.05. The third-order valence-corrected chi connectivity index (χ3v) is 2.59. The zero-order chi connectivity index (χ0) is 12.4. The molecule has 0 aromatic rings. The summed E-state index contributed by atoms with van der Waals surface area (Å²) in [6.45, 7) is 8.73. The molecule has 0 bridgehead atoms. The molecule has 0 heterocycles. The average molecular weight is 229 g/mol. The van der Waals surface area contributed by atoms with E-state index >= 15 is 0 Å². The maximum atomic E-state index is 11.2. The van der Waals surface area contributed by atoms with Crippen molar-refractivity contribution in [3.05, 3.63) is 0 Å². The molecule has 1 N–H and O–H groups in total. The molecule has 2 unspecified atom stereocenters. The van der Waals surface area contributed by atoms with Crippen molar-refractivity contribution in [3.8, 4) is 0 Å². The number of rotatable bonds is 9. The van der Waals surface area contributed by atoms with Crippen LogP contribution in [0.2, 0.25) is 0 Å². The van der Waals surface area contributed by atoms with Crippen molar-refractivity contribution in [2.24, 2.45) is 0 Å². The van der Waals surface area contributed by atoms with Gasteiger partial charge in [-0.1, -0.05) is 26.2 Å². The molecular weight excluding hydrogens is 202 g/mol. The van der Waals surface area contributed by atoms with Crippen molar-refractivity contribution >= 4 is 5.97 Å². The zero-order valence-electron chi connectivity index (χ0n) is 11.2. The predicted octanol–water partition coefficient (Wildman–Crippen LogP) is 2.89. The molecule has 0 amide bonds. The number of esters is 1. The van der Waals surface area contributed by atoms with Gasteiger partial charge in [0.15, 0.2) is 0 Å². The molecule has 0 aliphatic rings. The highest BCUT2D eigenvalue weighted by atomic mass is 16.5. The minimum Gasteiger partial charge on any atom is -0.466 e. The molecule has 0 aromatic carbocycles. The second kappa shape index (κ2) is 9.64. The molecule has 0 aliphatic carbocycles. The summed E-state index contributed by atoms with van der Waals surface area (Å²) < 4.78 is 4.91. The molecule has 0 saturated carbocycles. The fourth-order valence-corrected chi connectivity index (χ4v) is 1.80. The lowest BCUT2D eigenvalue weighted by Crippen LogP contribution is -2.36. The van der Waals surface area contributed by atoms with Crippen LogP contribution < -0.4 is 5.32 Å². The van der Waals surface area contributed by atoms with Crippen LogP contribution in [0.25, 0.3) is 0 Å². The normalized spacial score (nSPS) is 14.5. The molecule has 2 atom stereocenters. The molecule has 0 rings (SSSR count). The molecule has 0 aromatic heterocycles. The monoisotopic (exact) mass is 229 g/mol. The summed E-state index contributed by atoms with van der Waals surface area (Å²) in [6.07, 6.45) is 5.45. The summed E-state index contributed by atoms with van der Waals surface area (Å²) in [6, 6.07) is 0.687. The topological polar surface area (TPSA) is 38.3 Å². The van der Waals surface area contributed by atoms with Crippen LogP contribution in [0.5, 0.6) is 0 Å². The second-order valence-electron chi connectivity index (χ2n) is 4.47. The Morgan fingerprint density at radius 1 is 1.19 bits per heavy atom. The van der Waals surface area contributed by atoms with Crippen LogP contribution in [0.3, 0.4) is 0 Å². The standard InChI is InChI=1S/C13H27NO2/c1-5-7-8-9-11(3)14-12(4)10-13(15)16-6-2/h11-12,14H,5-10H2,1-4H3. The van der Waals surface area contributed by atoms with E-state index in [1.165, 1.54) is 25.7 Å². The highest BCUT2D eigenvalue weighted by molar-refractivity contribution is 5.69. The van der Waals surface area contributed by atoms with Crippen LogP contribution in [0.1, 0.15) is 59.8 Å². The summed E-state index contributed by atoms with van der Waals surface area (Å²) in [4.78, 5) is 11.2. The van der Waals surface area contributed by atoms with E-state index in [-0.39, 0.29) is 12.0 Å². The fraction of sp³-hybridized carbons (Fsp3) is 0.923. The quantitative estimate of drug-likeness (QED) is 0.488. The van der Waals surface area contributed by atoms with E-state index in [2.05, 4.69) is 19.2 Å². The highest BCUT2D eigenvalue weighted by Gasteiger charge is 2.11. The molecule has 0 spiro atoms. The second-order valence-corrected chi connectivity index (χ2v) is 4.47. The van der Waals surface area contributed by atoms with E-state index in [1.54, 1.807) is 0 Å². The molecule has 0 radical (unpaired) electrons. The van der Waals surface area contributed by atoms with E-state index in [0.29, 0.717) is 19.1 Å². The lowest BCUT2D eigenvalue weighted by atomic mass is 10.1. The first-order valence-corrected chi connectivity index (χ1v) is 6.51. The van der Waals surface area contributed by atoms with Crippen molar-refractivity contribution in [2.75, 3.05) is 6.61 Å². The number of carbonyl (C=O) groups excluding carboxylic acids is 1. The maximum absolute atomic E-state index is 11.2. The van der Waals surface area contributed by atoms with Gasteiger partial charge in [0.25, 0.3) is 0 Å². The van der Waals surface area contributed by atoms with Crippen molar-refractivity contribution < 1.29 is 9.53 Å². The van der Waals surface area contributed by atoms with Gasteiger partial charge in [-0.3, -0.25) is 4.79 Å². The number of ether oxygens (including phenoxy) is 1. The first-order valence-electron chi connectivity index (χ1n) is 6.51. The van der Waals surface area contributed by atoms with Gasteiger partial charge in [0.2, 0.25) is 0 Å². The summed E-state index contributed by atoms with van der Waals surface area (Å²) in [7, 11) is 0. The lowest BCUT2D eigenvalue weighted by molar-refractivity contribution is -0.143. The molecule has 16 heavy (non-hydrogen) atoms. The lowest BCUT2D eigenvalue weighted by Gasteiger charge is -2.19. The van der Waals surface area contributed by atoms with Crippen LogP contribution in [-0.2, 0) is 9.53 Å².